The van der Waals surface area contributed by atoms with E-state index < -0.39 is 21.1 Å². The molecule has 0 atom stereocenters. The first-order chi connectivity index (χ1) is 9.26. The molecule has 0 aliphatic heterocycles. The maximum atomic E-state index is 11.7. The summed E-state index contributed by atoms with van der Waals surface area (Å²) in [7, 11) is -1.69. The van der Waals surface area contributed by atoms with Gasteiger partial charge in [0, 0.05) is 19.9 Å². The summed E-state index contributed by atoms with van der Waals surface area (Å²) in [6.45, 7) is 0.451. The summed E-state index contributed by atoms with van der Waals surface area (Å²) >= 11 is 0. The van der Waals surface area contributed by atoms with Crippen LogP contribution in [-0.2, 0) is 21.1 Å². The molecule has 20 heavy (non-hydrogen) atoms. The number of aromatic amines is 1. The van der Waals surface area contributed by atoms with E-state index in [4.69, 9.17) is 10.5 Å². The van der Waals surface area contributed by atoms with Crippen molar-refractivity contribution in [3.63, 3.8) is 0 Å². The third kappa shape index (κ3) is 4.38. The van der Waals surface area contributed by atoms with Gasteiger partial charge in [0.1, 0.15) is 21.3 Å². The lowest BCUT2D eigenvalue weighted by Crippen LogP contribution is -2.35. The number of methoxy groups -OCH3 is 1. The zero-order chi connectivity index (χ0) is 15.3. The first-order valence-electron chi connectivity index (χ1n) is 5.79. The van der Waals surface area contributed by atoms with Crippen molar-refractivity contribution < 1.29 is 13.2 Å². The highest BCUT2D eigenvalue weighted by Gasteiger charge is 2.12. The molecule has 0 fully saturated rings. The fourth-order valence-electron chi connectivity index (χ4n) is 1.52. The summed E-state index contributed by atoms with van der Waals surface area (Å²) in [6, 6.07) is 0. The predicted molar refractivity (Wildman–Crippen MR) is 75.8 cm³/mol. The van der Waals surface area contributed by atoms with Gasteiger partial charge in [-0.1, -0.05) is 0 Å². The number of aromatic nitrogens is 2. The summed E-state index contributed by atoms with van der Waals surface area (Å²) in [4.78, 5) is 25.4. The van der Waals surface area contributed by atoms with Crippen molar-refractivity contribution in [1.82, 2.24) is 9.55 Å². The quantitative estimate of drug-likeness (QED) is 0.541. The van der Waals surface area contributed by atoms with Crippen LogP contribution in [0, 0.1) is 0 Å². The van der Waals surface area contributed by atoms with Crippen LogP contribution in [0.1, 0.15) is 0 Å². The monoisotopic (exact) mass is 306 g/mol. The molecule has 0 unspecified atom stereocenters. The molecule has 0 aliphatic carbocycles. The highest BCUT2D eigenvalue weighted by Crippen LogP contribution is 2.09. The number of anilines is 2. The van der Waals surface area contributed by atoms with Gasteiger partial charge < -0.3 is 15.8 Å². The Morgan fingerprint density at radius 2 is 2.05 bits per heavy atom. The van der Waals surface area contributed by atoms with Crippen LogP contribution in [0.15, 0.2) is 9.59 Å². The lowest BCUT2D eigenvalue weighted by molar-refractivity contribution is 0.186. The molecular weight excluding hydrogens is 288 g/mol. The van der Waals surface area contributed by atoms with E-state index in [1.165, 1.54) is 7.11 Å². The molecule has 1 aromatic heterocycles. The minimum absolute atomic E-state index is 0.0224. The van der Waals surface area contributed by atoms with Crippen molar-refractivity contribution in [2.45, 2.75) is 6.54 Å². The first-order valence-corrected chi connectivity index (χ1v) is 7.85. The topological polar surface area (TPSA) is 136 Å². The highest BCUT2D eigenvalue weighted by atomic mass is 32.2. The Kier molecular flexibility index (Phi) is 5.34. The lowest BCUT2D eigenvalue weighted by Gasteiger charge is -2.13. The minimum atomic E-state index is -3.16. The SMILES string of the molecule is COCCn1c(N)c(NCCS(C)(=O)=O)c(=O)[nH]c1=O. The average Bonchev–Trinajstić information content (AvgIpc) is 2.31. The average molecular weight is 306 g/mol. The summed E-state index contributed by atoms with van der Waals surface area (Å²) in [5.74, 6) is -0.201. The maximum absolute atomic E-state index is 11.7. The Balaban J connectivity index is 3.01. The molecule has 1 aromatic rings. The van der Waals surface area contributed by atoms with E-state index in [1.54, 1.807) is 0 Å². The van der Waals surface area contributed by atoms with Crippen molar-refractivity contribution in [1.29, 1.82) is 0 Å². The Morgan fingerprint density at radius 3 is 2.60 bits per heavy atom. The van der Waals surface area contributed by atoms with Gasteiger partial charge in [0.05, 0.1) is 18.9 Å². The number of hydrogen-bond donors (Lipinski definition) is 3. The molecule has 10 heteroatoms. The molecule has 0 radical (unpaired) electrons. The predicted octanol–water partition coefficient (Wildman–Crippen LogP) is -1.78. The van der Waals surface area contributed by atoms with Crippen LogP contribution >= 0.6 is 0 Å². The fraction of sp³-hybridized carbons (Fsp3) is 0.600. The summed E-state index contributed by atoms with van der Waals surface area (Å²) < 4.78 is 28.0. The van der Waals surface area contributed by atoms with E-state index in [2.05, 4.69) is 10.3 Å². The van der Waals surface area contributed by atoms with Gasteiger partial charge >= 0.3 is 5.69 Å². The van der Waals surface area contributed by atoms with E-state index >= 15 is 0 Å². The van der Waals surface area contributed by atoms with E-state index in [-0.39, 0.29) is 37.0 Å². The van der Waals surface area contributed by atoms with Gasteiger partial charge in [0.2, 0.25) is 0 Å². The second-order valence-corrected chi connectivity index (χ2v) is 6.48. The van der Waals surface area contributed by atoms with Gasteiger partial charge in [-0.05, 0) is 0 Å². The van der Waals surface area contributed by atoms with Crippen LogP contribution in [0.3, 0.4) is 0 Å². The molecule has 0 aliphatic rings. The maximum Gasteiger partial charge on any atom is 0.330 e. The second-order valence-electron chi connectivity index (χ2n) is 4.22. The van der Waals surface area contributed by atoms with Gasteiger partial charge in [-0.15, -0.1) is 0 Å². The molecule has 9 nitrogen and oxygen atoms in total. The molecular formula is C10H18N4O5S. The number of ether oxygens (including phenoxy) is 1. The standard InChI is InChI=1S/C10H18N4O5S/c1-19-5-4-14-8(11)7(9(15)13-10(14)16)12-3-6-20(2,17)18/h12H,3-6,11H2,1-2H3,(H,13,15,16). The third-order valence-corrected chi connectivity index (χ3v) is 3.48. The van der Waals surface area contributed by atoms with Crippen LogP contribution in [0.5, 0.6) is 0 Å². The van der Waals surface area contributed by atoms with Crippen molar-refractivity contribution in [3.05, 3.63) is 20.8 Å². The van der Waals surface area contributed by atoms with Gasteiger partial charge in [-0.25, -0.2) is 13.2 Å². The van der Waals surface area contributed by atoms with Gasteiger partial charge in [-0.2, -0.15) is 0 Å². The molecule has 0 bridgehead atoms. The molecule has 0 saturated carbocycles. The van der Waals surface area contributed by atoms with Crippen LogP contribution in [-0.4, -0.2) is 50.2 Å². The first kappa shape index (κ1) is 16.2. The van der Waals surface area contributed by atoms with Crippen molar-refractivity contribution in [2.24, 2.45) is 0 Å². The molecule has 0 aromatic carbocycles. The number of nitrogen functional groups attached to an aromatic ring is 1. The van der Waals surface area contributed by atoms with Gasteiger partial charge in [0.25, 0.3) is 5.56 Å². The Hall–Kier alpha value is -1.81. The molecule has 0 spiro atoms. The van der Waals surface area contributed by atoms with Crippen molar-refractivity contribution >= 4 is 21.3 Å². The van der Waals surface area contributed by atoms with Gasteiger partial charge in [0.15, 0.2) is 0 Å². The van der Waals surface area contributed by atoms with E-state index in [9.17, 15) is 18.0 Å². The number of H-pyrrole nitrogens is 1. The number of nitrogens with one attached hydrogen (secondary N) is 2. The highest BCUT2D eigenvalue weighted by molar-refractivity contribution is 7.90. The molecule has 1 rings (SSSR count). The van der Waals surface area contributed by atoms with E-state index in [0.29, 0.717) is 0 Å². The number of nitrogens with zero attached hydrogens (tertiary/aromatic N) is 1. The second kappa shape index (κ2) is 6.57. The minimum Gasteiger partial charge on any atom is -0.383 e. The molecule has 1 heterocycles. The molecule has 4 N–H and O–H groups in total. The Bertz CT molecular complexity index is 676. The van der Waals surface area contributed by atoms with E-state index in [0.717, 1.165) is 10.8 Å². The summed E-state index contributed by atoms with van der Waals surface area (Å²) in [5.41, 5.74) is 4.40. The zero-order valence-corrected chi connectivity index (χ0v) is 12.1. The smallest absolute Gasteiger partial charge is 0.330 e. The number of sulfone groups is 1. The fourth-order valence-corrected chi connectivity index (χ4v) is 2.00. The third-order valence-electron chi connectivity index (χ3n) is 2.53. The van der Waals surface area contributed by atoms with Crippen LogP contribution in [0.2, 0.25) is 0 Å². The van der Waals surface area contributed by atoms with Gasteiger partial charge in [-0.3, -0.25) is 14.3 Å². The van der Waals surface area contributed by atoms with Crippen LogP contribution < -0.4 is 22.3 Å². The largest absolute Gasteiger partial charge is 0.383 e. The molecule has 114 valence electrons. The number of nitrogens with two attached hydrogens (primary N) is 1. The zero-order valence-electron chi connectivity index (χ0n) is 11.3. The van der Waals surface area contributed by atoms with E-state index in [1.807, 2.05) is 0 Å². The Morgan fingerprint density at radius 1 is 1.40 bits per heavy atom. The number of rotatable bonds is 7. The van der Waals surface area contributed by atoms with Crippen molar-refractivity contribution in [2.75, 3.05) is 43.3 Å². The van der Waals surface area contributed by atoms with Crippen LogP contribution in [0.25, 0.3) is 0 Å². The molecule has 0 amide bonds. The van der Waals surface area contributed by atoms with Crippen molar-refractivity contribution in [3.8, 4) is 0 Å². The normalized spacial score (nSPS) is 11.5. The lowest BCUT2D eigenvalue weighted by atomic mass is 10.4. The molecule has 0 saturated heterocycles. The Labute approximate surface area is 115 Å². The number of hydrogen-bond acceptors (Lipinski definition) is 7. The summed E-state index contributed by atoms with van der Waals surface area (Å²) in [6.07, 6.45) is 1.09. The summed E-state index contributed by atoms with van der Waals surface area (Å²) in [5, 5.41) is 2.63. The van der Waals surface area contributed by atoms with Crippen LogP contribution in [0.4, 0.5) is 11.5 Å².